The van der Waals surface area contributed by atoms with Gasteiger partial charge in [0.2, 0.25) is 5.91 Å². The number of benzene rings is 1. The number of nitrogens with zero attached hydrogens (tertiary/aromatic N) is 3. The Labute approximate surface area is 147 Å². The van der Waals surface area contributed by atoms with E-state index < -0.39 is 0 Å². The molecule has 1 aromatic rings. The molecule has 0 aromatic heterocycles. The summed E-state index contributed by atoms with van der Waals surface area (Å²) in [7, 11) is 0. The van der Waals surface area contributed by atoms with Crippen molar-refractivity contribution in [3.8, 4) is 0 Å². The van der Waals surface area contributed by atoms with Crippen LogP contribution in [0, 0.1) is 0 Å². The van der Waals surface area contributed by atoms with E-state index in [0.717, 1.165) is 16.7 Å². The predicted octanol–water partition coefficient (Wildman–Crippen LogP) is 3.52. The number of hydrogen-bond donors (Lipinski definition) is 0. The molecule has 0 spiro atoms. The molecule has 1 aliphatic heterocycles. The molecule has 0 saturated carbocycles. The molecule has 0 bridgehead atoms. The lowest BCUT2D eigenvalue weighted by atomic mass is 9.98. The van der Waals surface area contributed by atoms with Gasteiger partial charge in [0.15, 0.2) is 0 Å². The number of carbonyl (C=O) groups is 1. The Balaban J connectivity index is 2.42. The van der Waals surface area contributed by atoms with Crippen LogP contribution in [0.2, 0.25) is 5.02 Å². The van der Waals surface area contributed by atoms with Crippen LogP contribution in [-0.2, 0) is 9.53 Å². The Bertz CT molecular complexity index is 698. The summed E-state index contributed by atoms with van der Waals surface area (Å²) in [6, 6.07) is 5.48. The van der Waals surface area contributed by atoms with Crippen LogP contribution in [0.25, 0.3) is 5.57 Å². The molecule has 24 heavy (non-hydrogen) atoms. The minimum Gasteiger partial charge on any atom is -0.377 e. The SMILES string of the molecule is C=CC(=O)N1CCOCC1c1cc(Cl)cc(C(/C=N\N=C)=C/C)c1. The Kier molecular flexibility index (Phi) is 6.46. The molecule has 1 aromatic carbocycles. The number of halogens is 1. The maximum absolute atomic E-state index is 12.1. The summed E-state index contributed by atoms with van der Waals surface area (Å²) >= 11 is 6.29. The molecule has 6 heteroatoms. The highest BCUT2D eigenvalue weighted by molar-refractivity contribution is 6.31. The van der Waals surface area contributed by atoms with Gasteiger partial charge in [0.25, 0.3) is 0 Å². The van der Waals surface area contributed by atoms with Crippen LogP contribution in [0.4, 0.5) is 0 Å². The minimum atomic E-state index is -0.200. The van der Waals surface area contributed by atoms with Crippen molar-refractivity contribution >= 4 is 36.0 Å². The third-order valence-electron chi connectivity index (χ3n) is 3.81. The van der Waals surface area contributed by atoms with Gasteiger partial charge < -0.3 is 9.64 Å². The lowest BCUT2D eigenvalue weighted by Crippen LogP contribution is -2.42. The molecule has 1 fully saturated rings. The standard InChI is InChI=1S/C18H20ClN3O2/c1-4-13(11-21-20-3)14-8-15(10-16(19)9-14)17-12-24-7-6-22(17)18(23)5-2/h4-5,8-11,17H,2-3,6-7,12H2,1H3/b13-4+,21-11-. The third-order valence-corrected chi connectivity index (χ3v) is 4.03. The molecular formula is C18H20ClN3O2. The van der Waals surface area contributed by atoms with Crippen LogP contribution in [0.15, 0.2) is 47.1 Å². The molecule has 1 aliphatic rings. The molecular weight excluding hydrogens is 326 g/mol. The number of rotatable bonds is 5. The second-order valence-electron chi connectivity index (χ2n) is 5.23. The van der Waals surface area contributed by atoms with E-state index in [1.54, 1.807) is 11.1 Å². The number of morpholine rings is 1. The summed E-state index contributed by atoms with van der Waals surface area (Å²) in [5.41, 5.74) is 2.67. The van der Waals surface area contributed by atoms with Crippen LogP contribution in [0.5, 0.6) is 0 Å². The van der Waals surface area contributed by atoms with Crippen molar-refractivity contribution in [3.05, 3.63) is 53.1 Å². The highest BCUT2D eigenvalue weighted by atomic mass is 35.5. The largest absolute Gasteiger partial charge is 0.377 e. The molecule has 126 valence electrons. The number of ether oxygens (including phenoxy) is 1. The average Bonchev–Trinajstić information content (AvgIpc) is 2.61. The zero-order valence-electron chi connectivity index (χ0n) is 13.6. The second kappa shape index (κ2) is 8.57. The zero-order valence-corrected chi connectivity index (χ0v) is 14.4. The lowest BCUT2D eigenvalue weighted by molar-refractivity contribution is -0.134. The van der Waals surface area contributed by atoms with Gasteiger partial charge in [-0.15, -0.1) is 0 Å². The first kappa shape index (κ1) is 18.1. The summed E-state index contributed by atoms with van der Waals surface area (Å²) < 4.78 is 5.56. The fourth-order valence-corrected chi connectivity index (χ4v) is 2.89. The van der Waals surface area contributed by atoms with Crippen molar-refractivity contribution in [1.82, 2.24) is 4.90 Å². The van der Waals surface area contributed by atoms with Gasteiger partial charge in [0.05, 0.1) is 25.5 Å². The summed E-state index contributed by atoms with van der Waals surface area (Å²) in [6.07, 6.45) is 4.85. The molecule has 1 saturated heterocycles. The Morgan fingerprint density at radius 3 is 2.92 bits per heavy atom. The van der Waals surface area contributed by atoms with Crippen molar-refractivity contribution in [3.63, 3.8) is 0 Å². The Morgan fingerprint density at radius 2 is 2.25 bits per heavy atom. The van der Waals surface area contributed by atoms with Crippen LogP contribution < -0.4 is 0 Å². The van der Waals surface area contributed by atoms with Crippen molar-refractivity contribution in [2.45, 2.75) is 13.0 Å². The molecule has 2 rings (SSSR count). The fourth-order valence-electron chi connectivity index (χ4n) is 2.65. The average molecular weight is 346 g/mol. The Hall–Kier alpha value is -2.24. The van der Waals surface area contributed by atoms with Crippen molar-refractivity contribution < 1.29 is 9.53 Å². The van der Waals surface area contributed by atoms with Crippen LogP contribution in [0.1, 0.15) is 24.1 Å². The molecule has 1 unspecified atom stereocenters. The predicted molar refractivity (Wildman–Crippen MR) is 98.6 cm³/mol. The first-order valence-corrected chi connectivity index (χ1v) is 7.95. The normalized spacial score (nSPS) is 18.7. The number of carbonyl (C=O) groups excluding carboxylic acids is 1. The highest BCUT2D eigenvalue weighted by Gasteiger charge is 2.27. The van der Waals surface area contributed by atoms with Crippen molar-refractivity contribution in [2.24, 2.45) is 10.2 Å². The summed E-state index contributed by atoms with van der Waals surface area (Å²) in [5.74, 6) is -0.117. The lowest BCUT2D eigenvalue weighted by Gasteiger charge is -2.35. The van der Waals surface area contributed by atoms with E-state index in [1.807, 2.05) is 31.2 Å². The quantitative estimate of drug-likeness (QED) is 0.466. The zero-order chi connectivity index (χ0) is 17.5. The van der Waals surface area contributed by atoms with E-state index in [-0.39, 0.29) is 11.9 Å². The molecule has 0 radical (unpaired) electrons. The first-order chi connectivity index (χ1) is 11.6. The molecule has 1 heterocycles. The van der Waals surface area contributed by atoms with E-state index in [0.29, 0.717) is 24.8 Å². The van der Waals surface area contributed by atoms with E-state index in [2.05, 4.69) is 23.5 Å². The summed E-state index contributed by atoms with van der Waals surface area (Å²) in [5, 5.41) is 7.90. The monoisotopic (exact) mass is 345 g/mol. The van der Waals surface area contributed by atoms with E-state index >= 15 is 0 Å². The van der Waals surface area contributed by atoms with Crippen molar-refractivity contribution in [2.75, 3.05) is 19.8 Å². The van der Waals surface area contributed by atoms with Crippen LogP contribution in [-0.4, -0.2) is 43.5 Å². The highest BCUT2D eigenvalue weighted by Crippen LogP contribution is 2.30. The van der Waals surface area contributed by atoms with Gasteiger partial charge in [-0.2, -0.15) is 10.2 Å². The molecule has 1 atom stereocenters. The maximum atomic E-state index is 12.1. The summed E-state index contributed by atoms with van der Waals surface area (Å²) in [4.78, 5) is 13.9. The van der Waals surface area contributed by atoms with Gasteiger partial charge in [-0.1, -0.05) is 24.3 Å². The van der Waals surface area contributed by atoms with Gasteiger partial charge in [0.1, 0.15) is 0 Å². The molecule has 0 aliphatic carbocycles. The summed E-state index contributed by atoms with van der Waals surface area (Å²) in [6.45, 7) is 10.3. The minimum absolute atomic E-state index is 0.117. The number of amides is 1. The smallest absolute Gasteiger partial charge is 0.246 e. The first-order valence-electron chi connectivity index (χ1n) is 7.57. The van der Waals surface area contributed by atoms with E-state index in [1.165, 1.54) is 6.08 Å². The van der Waals surface area contributed by atoms with Gasteiger partial charge in [-0.3, -0.25) is 4.79 Å². The van der Waals surface area contributed by atoms with Gasteiger partial charge >= 0.3 is 0 Å². The number of allylic oxidation sites excluding steroid dienone is 2. The topological polar surface area (TPSA) is 54.3 Å². The van der Waals surface area contributed by atoms with Gasteiger partial charge in [-0.05, 0) is 47.9 Å². The van der Waals surface area contributed by atoms with Crippen LogP contribution in [0.3, 0.4) is 0 Å². The van der Waals surface area contributed by atoms with E-state index in [4.69, 9.17) is 16.3 Å². The molecule has 1 amide bonds. The second-order valence-corrected chi connectivity index (χ2v) is 5.67. The van der Waals surface area contributed by atoms with Gasteiger partial charge in [-0.25, -0.2) is 0 Å². The number of hydrogen-bond acceptors (Lipinski definition) is 4. The molecule has 0 N–H and O–H groups in total. The maximum Gasteiger partial charge on any atom is 0.246 e. The van der Waals surface area contributed by atoms with Crippen molar-refractivity contribution in [1.29, 1.82) is 0 Å². The van der Waals surface area contributed by atoms with Crippen LogP contribution >= 0.6 is 11.6 Å². The third kappa shape index (κ3) is 4.19. The molecule has 5 nitrogen and oxygen atoms in total. The fraction of sp³-hybridized carbons (Fsp3) is 0.278. The van der Waals surface area contributed by atoms with E-state index in [9.17, 15) is 4.79 Å². The van der Waals surface area contributed by atoms with Gasteiger partial charge in [0, 0.05) is 18.3 Å². The Morgan fingerprint density at radius 1 is 1.46 bits per heavy atom.